The van der Waals surface area contributed by atoms with Crippen molar-refractivity contribution in [2.45, 2.75) is 26.9 Å². The fourth-order valence-electron chi connectivity index (χ4n) is 2.56. The summed E-state index contributed by atoms with van der Waals surface area (Å²) in [7, 11) is 2.80. The van der Waals surface area contributed by atoms with Crippen LogP contribution < -0.4 is 9.47 Å². The van der Waals surface area contributed by atoms with E-state index >= 15 is 0 Å². The molecular weight excluding hydrogens is 358 g/mol. The number of nitro benzene ring substituents is 1. The number of non-ortho nitro benzene ring substituents is 1. The highest BCUT2D eigenvalue weighted by atomic mass is 16.6. The molecule has 0 saturated carbocycles. The maximum Gasteiger partial charge on any atom is 0.303 e. The molecule has 27 heavy (non-hydrogen) atoms. The van der Waals surface area contributed by atoms with Gasteiger partial charge in [-0.2, -0.15) is 0 Å². The number of aromatic nitrogens is 2. The SMILES string of the molecule is COc1nc2cc([N+](=O)[O-])cc(COCC(C)(C)CC(=O)O)c2nc1OC. The Labute approximate surface area is 155 Å². The van der Waals surface area contributed by atoms with Gasteiger partial charge >= 0.3 is 5.97 Å². The van der Waals surface area contributed by atoms with E-state index in [1.165, 1.54) is 26.4 Å². The van der Waals surface area contributed by atoms with Gasteiger partial charge in [0.25, 0.3) is 17.4 Å². The second-order valence-electron chi connectivity index (χ2n) is 6.70. The van der Waals surface area contributed by atoms with Crippen LogP contribution in [0.4, 0.5) is 5.69 Å². The van der Waals surface area contributed by atoms with Crippen LogP contribution in [0, 0.1) is 15.5 Å². The van der Waals surface area contributed by atoms with E-state index in [9.17, 15) is 14.9 Å². The molecule has 10 nitrogen and oxygen atoms in total. The van der Waals surface area contributed by atoms with Crippen molar-refractivity contribution in [3.8, 4) is 11.8 Å². The third-order valence-corrected chi connectivity index (χ3v) is 3.75. The Hall–Kier alpha value is -3.01. The van der Waals surface area contributed by atoms with Crippen molar-refractivity contribution in [3.05, 3.63) is 27.8 Å². The van der Waals surface area contributed by atoms with Gasteiger partial charge in [-0.1, -0.05) is 13.8 Å². The Morgan fingerprint density at radius 2 is 1.85 bits per heavy atom. The summed E-state index contributed by atoms with van der Waals surface area (Å²) < 4.78 is 15.9. The predicted molar refractivity (Wildman–Crippen MR) is 95.0 cm³/mol. The van der Waals surface area contributed by atoms with Crippen molar-refractivity contribution in [1.29, 1.82) is 0 Å². The molecule has 0 aliphatic rings. The number of methoxy groups -OCH3 is 2. The molecule has 0 spiro atoms. The molecule has 1 aromatic heterocycles. The lowest BCUT2D eigenvalue weighted by Crippen LogP contribution is -2.23. The summed E-state index contributed by atoms with van der Waals surface area (Å²) in [6.45, 7) is 3.69. The molecule has 0 aliphatic carbocycles. The molecule has 0 saturated heterocycles. The average molecular weight is 379 g/mol. The summed E-state index contributed by atoms with van der Waals surface area (Å²) in [6.07, 6.45) is -0.0620. The normalized spacial score (nSPS) is 11.4. The van der Waals surface area contributed by atoms with Crippen LogP contribution in [0.15, 0.2) is 12.1 Å². The molecule has 1 heterocycles. The van der Waals surface area contributed by atoms with Crippen LogP contribution in [0.25, 0.3) is 11.0 Å². The van der Waals surface area contributed by atoms with Crippen LogP contribution in [-0.2, 0) is 16.1 Å². The number of nitrogens with zero attached hydrogens (tertiary/aromatic N) is 3. The van der Waals surface area contributed by atoms with Gasteiger partial charge in [0.05, 0.1) is 44.3 Å². The number of hydrogen-bond acceptors (Lipinski definition) is 8. The predicted octanol–water partition coefficient (Wildman–Crippen LogP) is 2.57. The number of carboxylic acid groups (broad SMARTS) is 1. The second-order valence-corrected chi connectivity index (χ2v) is 6.70. The minimum absolute atomic E-state index is 0.00535. The molecule has 0 radical (unpaired) electrons. The molecule has 0 bridgehead atoms. The molecule has 0 unspecified atom stereocenters. The summed E-state index contributed by atoms with van der Waals surface area (Å²) in [5, 5.41) is 20.2. The zero-order chi connectivity index (χ0) is 20.2. The third-order valence-electron chi connectivity index (χ3n) is 3.75. The second kappa shape index (κ2) is 8.12. The highest BCUT2D eigenvalue weighted by molar-refractivity contribution is 5.82. The van der Waals surface area contributed by atoms with Crippen molar-refractivity contribution in [2.24, 2.45) is 5.41 Å². The first-order chi connectivity index (χ1) is 12.7. The van der Waals surface area contributed by atoms with Gasteiger partial charge in [0.1, 0.15) is 5.52 Å². The van der Waals surface area contributed by atoms with E-state index in [-0.39, 0.29) is 42.6 Å². The first kappa shape index (κ1) is 20.3. The summed E-state index contributed by atoms with van der Waals surface area (Å²) >= 11 is 0. The Balaban J connectivity index is 2.38. The maximum atomic E-state index is 11.2. The molecule has 146 valence electrons. The number of hydrogen-bond donors (Lipinski definition) is 1. The average Bonchev–Trinajstić information content (AvgIpc) is 2.58. The molecule has 2 aromatic rings. The van der Waals surface area contributed by atoms with E-state index in [0.717, 1.165) is 0 Å². The summed E-state index contributed by atoms with van der Waals surface area (Å²) in [5.41, 5.74) is 0.348. The lowest BCUT2D eigenvalue weighted by molar-refractivity contribution is -0.384. The van der Waals surface area contributed by atoms with Crippen LogP contribution in [0.3, 0.4) is 0 Å². The fraction of sp³-hybridized carbons (Fsp3) is 0.471. The van der Waals surface area contributed by atoms with Gasteiger partial charge in [0.15, 0.2) is 0 Å². The Kier molecular flexibility index (Phi) is 6.11. The molecule has 1 aromatic carbocycles. The number of ether oxygens (including phenoxy) is 3. The third kappa shape index (κ3) is 5.00. The lowest BCUT2D eigenvalue weighted by atomic mass is 9.91. The number of benzene rings is 1. The van der Waals surface area contributed by atoms with E-state index in [4.69, 9.17) is 19.3 Å². The van der Waals surface area contributed by atoms with E-state index in [1.807, 2.05) is 0 Å². The van der Waals surface area contributed by atoms with Crippen molar-refractivity contribution in [2.75, 3.05) is 20.8 Å². The number of fused-ring (bicyclic) bond motifs is 1. The Morgan fingerprint density at radius 3 is 2.41 bits per heavy atom. The topological polar surface area (TPSA) is 134 Å². The quantitative estimate of drug-likeness (QED) is 0.515. The van der Waals surface area contributed by atoms with Gasteiger partial charge in [-0.15, -0.1) is 0 Å². The van der Waals surface area contributed by atoms with Crippen molar-refractivity contribution in [3.63, 3.8) is 0 Å². The first-order valence-electron chi connectivity index (χ1n) is 8.03. The van der Waals surface area contributed by atoms with E-state index in [2.05, 4.69) is 9.97 Å². The molecular formula is C17H21N3O7. The van der Waals surface area contributed by atoms with E-state index in [0.29, 0.717) is 11.1 Å². The van der Waals surface area contributed by atoms with Crippen LogP contribution in [0.2, 0.25) is 0 Å². The number of carboxylic acids is 1. The maximum absolute atomic E-state index is 11.2. The van der Waals surface area contributed by atoms with Gasteiger partial charge in [-0.25, -0.2) is 9.97 Å². The van der Waals surface area contributed by atoms with Crippen LogP contribution >= 0.6 is 0 Å². The van der Waals surface area contributed by atoms with Gasteiger partial charge in [0.2, 0.25) is 0 Å². The number of rotatable bonds is 9. The first-order valence-corrected chi connectivity index (χ1v) is 8.03. The van der Waals surface area contributed by atoms with E-state index < -0.39 is 16.3 Å². The number of carbonyl (C=O) groups is 1. The van der Waals surface area contributed by atoms with Crippen LogP contribution in [0.5, 0.6) is 11.8 Å². The lowest BCUT2D eigenvalue weighted by Gasteiger charge is -2.22. The summed E-state index contributed by atoms with van der Waals surface area (Å²) in [5.74, 6) is -0.668. The molecule has 0 aliphatic heterocycles. The number of aliphatic carboxylic acids is 1. The smallest absolute Gasteiger partial charge is 0.303 e. The largest absolute Gasteiger partial charge is 0.481 e. The van der Waals surface area contributed by atoms with Crippen LogP contribution in [0.1, 0.15) is 25.8 Å². The molecule has 0 fully saturated rings. The highest BCUT2D eigenvalue weighted by Crippen LogP contribution is 2.30. The van der Waals surface area contributed by atoms with Crippen molar-refractivity contribution < 1.29 is 29.0 Å². The molecule has 10 heteroatoms. The number of nitro groups is 1. The summed E-state index contributed by atoms with van der Waals surface area (Å²) in [6, 6.07) is 2.65. The Morgan fingerprint density at radius 1 is 1.22 bits per heavy atom. The molecule has 1 N–H and O–H groups in total. The van der Waals surface area contributed by atoms with Gasteiger partial charge < -0.3 is 19.3 Å². The summed E-state index contributed by atoms with van der Waals surface area (Å²) in [4.78, 5) is 30.1. The van der Waals surface area contributed by atoms with Gasteiger partial charge in [-0.3, -0.25) is 14.9 Å². The molecule has 0 amide bonds. The fourth-order valence-corrected chi connectivity index (χ4v) is 2.56. The van der Waals surface area contributed by atoms with Crippen molar-refractivity contribution in [1.82, 2.24) is 9.97 Å². The van der Waals surface area contributed by atoms with Crippen molar-refractivity contribution >= 4 is 22.7 Å². The minimum Gasteiger partial charge on any atom is -0.481 e. The standard InChI is InChI=1S/C17H21N3O7/c1-17(2,7-13(21)22)9-27-8-10-5-11(20(23)24)6-12-14(10)19-16(26-4)15(18-12)25-3/h5-6H,7-9H2,1-4H3,(H,21,22). The van der Waals surface area contributed by atoms with Gasteiger partial charge in [-0.05, 0) is 5.41 Å². The monoisotopic (exact) mass is 379 g/mol. The molecule has 0 atom stereocenters. The van der Waals surface area contributed by atoms with Gasteiger partial charge in [0, 0.05) is 17.7 Å². The zero-order valence-electron chi connectivity index (χ0n) is 15.5. The molecule has 2 rings (SSSR count). The highest BCUT2D eigenvalue weighted by Gasteiger charge is 2.23. The van der Waals surface area contributed by atoms with Crippen LogP contribution in [-0.4, -0.2) is 46.8 Å². The zero-order valence-corrected chi connectivity index (χ0v) is 15.5. The Bertz CT molecular complexity index is 867. The van der Waals surface area contributed by atoms with E-state index in [1.54, 1.807) is 13.8 Å². The minimum atomic E-state index is -0.924.